The molecule has 2 N–H and O–H groups in total. The number of hydrogen-bond acceptors (Lipinski definition) is 2. The van der Waals surface area contributed by atoms with E-state index in [1.807, 2.05) is 20.8 Å². The average molecular weight is 225 g/mol. The monoisotopic (exact) mass is 225 g/mol. The Morgan fingerprint density at radius 3 is 2.50 bits per heavy atom. The second kappa shape index (κ2) is 4.68. The van der Waals surface area contributed by atoms with Crippen LogP contribution in [-0.4, -0.2) is 23.0 Å². The summed E-state index contributed by atoms with van der Waals surface area (Å²) < 4.78 is 0. The molecule has 90 valence electrons. The molecule has 0 radical (unpaired) electrons. The number of allylic oxidation sites excluding steroid dienone is 1. The first-order valence-electron chi connectivity index (χ1n) is 5.53. The third kappa shape index (κ3) is 3.08. The van der Waals surface area contributed by atoms with Gasteiger partial charge in [-0.25, -0.2) is 4.79 Å². The van der Waals surface area contributed by atoms with Gasteiger partial charge in [0, 0.05) is 5.92 Å². The first kappa shape index (κ1) is 12.7. The van der Waals surface area contributed by atoms with Crippen LogP contribution in [0, 0.1) is 11.3 Å². The third-order valence-corrected chi connectivity index (χ3v) is 3.05. The Bertz CT molecular complexity index is 320. The number of carbonyl (C=O) groups excluding carboxylic acids is 1. The van der Waals surface area contributed by atoms with E-state index in [4.69, 9.17) is 5.11 Å². The molecule has 0 aromatic rings. The molecule has 1 saturated carbocycles. The first-order valence-corrected chi connectivity index (χ1v) is 5.53. The van der Waals surface area contributed by atoms with Crippen molar-refractivity contribution < 1.29 is 14.7 Å². The van der Waals surface area contributed by atoms with Crippen LogP contribution in [0.5, 0.6) is 0 Å². The molecule has 1 aliphatic rings. The standard InChI is InChI=1S/C12H19NO3/c1-4-5-6-9(11(15)16)13-10(14)8-7-12(8,2)3/h4-5,8-9H,6-7H2,1-3H3,(H,13,14)(H,15,16)/b5-4+. The Morgan fingerprint density at radius 1 is 1.56 bits per heavy atom. The topological polar surface area (TPSA) is 66.4 Å². The minimum atomic E-state index is -0.982. The SMILES string of the molecule is C/C=C/CC(NC(=O)C1CC1(C)C)C(=O)O. The van der Waals surface area contributed by atoms with E-state index in [0.717, 1.165) is 6.42 Å². The van der Waals surface area contributed by atoms with Crippen LogP contribution in [0.4, 0.5) is 0 Å². The molecule has 0 saturated heterocycles. The molecule has 0 aromatic carbocycles. The van der Waals surface area contributed by atoms with Crippen molar-refractivity contribution in [3.63, 3.8) is 0 Å². The van der Waals surface area contributed by atoms with Gasteiger partial charge in [-0.3, -0.25) is 4.79 Å². The smallest absolute Gasteiger partial charge is 0.326 e. The summed E-state index contributed by atoms with van der Waals surface area (Å²) in [6, 6.07) is -0.805. The molecular formula is C12H19NO3. The summed E-state index contributed by atoms with van der Waals surface area (Å²) >= 11 is 0. The molecule has 1 fully saturated rings. The van der Waals surface area contributed by atoms with Crippen LogP contribution in [0.2, 0.25) is 0 Å². The normalized spacial score (nSPS) is 24.1. The summed E-state index contributed by atoms with van der Waals surface area (Å²) in [7, 11) is 0. The minimum absolute atomic E-state index is 0.0278. The van der Waals surface area contributed by atoms with Crippen molar-refractivity contribution in [1.82, 2.24) is 5.32 Å². The molecule has 16 heavy (non-hydrogen) atoms. The molecule has 0 aromatic heterocycles. The molecule has 4 heteroatoms. The zero-order chi connectivity index (χ0) is 12.3. The Kier molecular flexibility index (Phi) is 3.73. The highest BCUT2D eigenvalue weighted by Crippen LogP contribution is 2.51. The predicted molar refractivity (Wildman–Crippen MR) is 60.9 cm³/mol. The van der Waals surface area contributed by atoms with Crippen LogP contribution in [0.3, 0.4) is 0 Å². The first-order chi connectivity index (χ1) is 7.38. The molecule has 2 atom stereocenters. The number of carboxylic acid groups (broad SMARTS) is 1. The van der Waals surface area contributed by atoms with Crippen molar-refractivity contribution in [3.05, 3.63) is 12.2 Å². The maximum atomic E-state index is 11.7. The largest absolute Gasteiger partial charge is 0.480 e. The fourth-order valence-electron chi connectivity index (χ4n) is 1.68. The third-order valence-electron chi connectivity index (χ3n) is 3.05. The van der Waals surface area contributed by atoms with Gasteiger partial charge < -0.3 is 10.4 Å². The highest BCUT2D eigenvalue weighted by molar-refractivity contribution is 5.87. The summed E-state index contributed by atoms with van der Waals surface area (Å²) in [5.41, 5.74) is 0.0354. The van der Waals surface area contributed by atoms with Crippen molar-refractivity contribution in [1.29, 1.82) is 0 Å². The Morgan fingerprint density at radius 2 is 2.12 bits per heavy atom. The van der Waals surface area contributed by atoms with E-state index in [1.165, 1.54) is 0 Å². The predicted octanol–water partition coefficient (Wildman–Crippen LogP) is 1.57. The molecule has 0 heterocycles. The molecular weight excluding hydrogens is 206 g/mol. The van der Waals surface area contributed by atoms with Gasteiger partial charge in [0.1, 0.15) is 6.04 Å². The number of rotatable bonds is 5. The van der Waals surface area contributed by atoms with E-state index in [2.05, 4.69) is 5.32 Å². The fourth-order valence-corrected chi connectivity index (χ4v) is 1.68. The van der Waals surface area contributed by atoms with Crippen LogP contribution < -0.4 is 5.32 Å². The van der Waals surface area contributed by atoms with Gasteiger partial charge in [-0.05, 0) is 25.2 Å². The molecule has 4 nitrogen and oxygen atoms in total. The number of carbonyl (C=O) groups is 2. The van der Waals surface area contributed by atoms with Crippen molar-refractivity contribution in [3.8, 4) is 0 Å². The number of hydrogen-bond donors (Lipinski definition) is 2. The van der Waals surface area contributed by atoms with Crippen LogP contribution in [-0.2, 0) is 9.59 Å². The summed E-state index contributed by atoms with van der Waals surface area (Å²) in [6.45, 7) is 5.85. The minimum Gasteiger partial charge on any atom is -0.480 e. The van der Waals surface area contributed by atoms with E-state index in [1.54, 1.807) is 12.2 Å². The molecule has 0 aliphatic heterocycles. The van der Waals surface area contributed by atoms with Crippen LogP contribution in [0.25, 0.3) is 0 Å². The zero-order valence-electron chi connectivity index (χ0n) is 9.99. The van der Waals surface area contributed by atoms with Crippen molar-refractivity contribution in [2.75, 3.05) is 0 Å². The summed E-state index contributed by atoms with van der Waals surface area (Å²) in [5, 5.41) is 11.5. The van der Waals surface area contributed by atoms with Gasteiger partial charge in [-0.2, -0.15) is 0 Å². The van der Waals surface area contributed by atoms with E-state index in [9.17, 15) is 9.59 Å². The van der Waals surface area contributed by atoms with Gasteiger partial charge in [0.2, 0.25) is 5.91 Å². The second-order valence-corrected chi connectivity index (χ2v) is 4.95. The number of carboxylic acids is 1. The number of nitrogens with one attached hydrogen (secondary N) is 1. The lowest BCUT2D eigenvalue weighted by molar-refractivity contribution is -0.142. The van der Waals surface area contributed by atoms with Crippen molar-refractivity contribution in [2.45, 2.75) is 39.7 Å². The van der Waals surface area contributed by atoms with Gasteiger partial charge in [0.05, 0.1) is 0 Å². The second-order valence-electron chi connectivity index (χ2n) is 4.95. The average Bonchev–Trinajstić information content (AvgIpc) is 2.81. The highest BCUT2D eigenvalue weighted by Gasteiger charge is 2.51. The number of aliphatic carboxylic acids is 1. The van der Waals surface area contributed by atoms with Gasteiger partial charge in [0.25, 0.3) is 0 Å². The molecule has 1 aliphatic carbocycles. The summed E-state index contributed by atoms with van der Waals surface area (Å²) in [5.74, 6) is -1.15. The molecule has 1 amide bonds. The Hall–Kier alpha value is -1.32. The molecule has 2 unspecified atom stereocenters. The van der Waals surface area contributed by atoms with Crippen molar-refractivity contribution in [2.24, 2.45) is 11.3 Å². The zero-order valence-corrected chi connectivity index (χ0v) is 9.99. The van der Waals surface area contributed by atoms with Gasteiger partial charge in [-0.15, -0.1) is 0 Å². The van der Waals surface area contributed by atoms with E-state index >= 15 is 0 Å². The van der Waals surface area contributed by atoms with E-state index in [0.29, 0.717) is 6.42 Å². The lowest BCUT2D eigenvalue weighted by Crippen LogP contribution is -2.41. The van der Waals surface area contributed by atoms with Crippen LogP contribution in [0.15, 0.2) is 12.2 Å². The highest BCUT2D eigenvalue weighted by atomic mass is 16.4. The van der Waals surface area contributed by atoms with Crippen LogP contribution >= 0.6 is 0 Å². The summed E-state index contributed by atoms with van der Waals surface area (Å²) in [6.07, 6.45) is 4.71. The Balaban J connectivity index is 2.49. The maximum absolute atomic E-state index is 11.7. The Labute approximate surface area is 95.7 Å². The number of amides is 1. The molecule has 0 bridgehead atoms. The van der Waals surface area contributed by atoms with Gasteiger partial charge >= 0.3 is 5.97 Å². The lowest BCUT2D eigenvalue weighted by atomic mass is 10.1. The molecule has 1 rings (SSSR count). The molecule has 0 spiro atoms. The maximum Gasteiger partial charge on any atom is 0.326 e. The van der Waals surface area contributed by atoms with E-state index < -0.39 is 12.0 Å². The van der Waals surface area contributed by atoms with Crippen LogP contribution in [0.1, 0.15) is 33.6 Å². The lowest BCUT2D eigenvalue weighted by Gasteiger charge is -2.13. The van der Waals surface area contributed by atoms with E-state index in [-0.39, 0.29) is 17.2 Å². The fraction of sp³-hybridized carbons (Fsp3) is 0.667. The van der Waals surface area contributed by atoms with Gasteiger partial charge in [0.15, 0.2) is 0 Å². The summed E-state index contributed by atoms with van der Waals surface area (Å²) in [4.78, 5) is 22.6. The van der Waals surface area contributed by atoms with Crippen molar-refractivity contribution >= 4 is 11.9 Å². The van der Waals surface area contributed by atoms with Gasteiger partial charge in [-0.1, -0.05) is 26.0 Å². The quantitative estimate of drug-likeness (QED) is 0.698.